The number of hydrogen-bond donors (Lipinski definition) is 2. The Labute approximate surface area is 116 Å². The highest BCUT2D eigenvalue weighted by Crippen LogP contribution is 2.14. The van der Waals surface area contributed by atoms with Gasteiger partial charge in [0.15, 0.2) is 0 Å². The summed E-state index contributed by atoms with van der Waals surface area (Å²) in [7, 11) is 0. The van der Waals surface area contributed by atoms with Crippen molar-refractivity contribution in [2.45, 2.75) is 26.2 Å². The first-order chi connectivity index (χ1) is 9.15. The minimum absolute atomic E-state index is 0.00627. The average molecular weight is 275 g/mol. The third-order valence-corrected chi connectivity index (χ3v) is 3.76. The standard InChI is InChI=1S/C14H17N3OS/c1-10-8-13(16-9-12(10)15)17-14(18)6-2-4-11-5-3-7-19-11/h3,5,7-9H,2,4,6,15H2,1H3,(H,16,17,18). The van der Waals surface area contributed by atoms with E-state index in [0.29, 0.717) is 17.9 Å². The first-order valence-corrected chi connectivity index (χ1v) is 7.07. The molecule has 0 fully saturated rings. The van der Waals surface area contributed by atoms with Crippen molar-refractivity contribution in [2.24, 2.45) is 0 Å². The number of nitrogens with zero attached hydrogens (tertiary/aromatic N) is 1. The molecule has 0 aliphatic heterocycles. The van der Waals surface area contributed by atoms with Crippen LogP contribution in [0.4, 0.5) is 11.5 Å². The summed E-state index contributed by atoms with van der Waals surface area (Å²) in [6.45, 7) is 1.89. The highest BCUT2D eigenvalue weighted by molar-refractivity contribution is 7.09. The molecule has 1 amide bonds. The number of nitrogen functional groups attached to an aromatic ring is 1. The number of thiophene rings is 1. The van der Waals surface area contributed by atoms with E-state index in [1.807, 2.05) is 13.0 Å². The number of aryl methyl sites for hydroxylation is 2. The van der Waals surface area contributed by atoms with Crippen LogP contribution in [-0.4, -0.2) is 10.9 Å². The molecule has 0 aromatic carbocycles. The van der Waals surface area contributed by atoms with Crippen LogP contribution in [0.2, 0.25) is 0 Å². The van der Waals surface area contributed by atoms with Crippen LogP contribution < -0.4 is 11.1 Å². The van der Waals surface area contributed by atoms with Crippen LogP contribution in [-0.2, 0) is 11.2 Å². The van der Waals surface area contributed by atoms with Gasteiger partial charge in [0.05, 0.1) is 11.9 Å². The highest BCUT2D eigenvalue weighted by Gasteiger charge is 2.05. The molecule has 3 N–H and O–H groups in total. The summed E-state index contributed by atoms with van der Waals surface area (Å²) in [5, 5.41) is 4.84. The second kappa shape index (κ2) is 6.33. The molecule has 19 heavy (non-hydrogen) atoms. The van der Waals surface area contributed by atoms with Crippen LogP contribution in [0.15, 0.2) is 29.8 Å². The molecule has 0 bridgehead atoms. The zero-order chi connectivity index (χ0) is 13.7. The molecule has 2 rings (SSSR count). The molecular formula is C14H17N3OS. The van der Waals surface area contributed by atoms with Gasteiger partial charge >= 0.3 is 0 Å². The summed E-state index contributed by atoms with van der Waals surface area (Å²) in [6, 6.07) is 5.90. The molecule has 0 atom stereocenters. The fourth-order valence-electron chi connectivity index (χ4n) is 1.72. The fraction of sp³-hybridized carbons (Fsp3) is 0.286. The topological polar surface area (TPSA) is 68.0 Å². The van der Waals surface area contributed by atoms with Gasteiger partial charge in [-0.15, -0.1) is 11.3 Å². The molecule has 100 valence electrons. The number of pyridine rings is 1. The van der Waals surface area contributed by atoms with Crippen LogP contribution in [0, 0.1) is 6.92 Å². The minimum atomic E-state index is -0.00627. The van der Waals surface area contributed by atoms with Gasteiger partial charge in [-0.05, 0) is 42.8 Å². The smallest absolute Gasteiger partial charge is 0.225 e. The number of amides is 1. The summed E-state index contributed by atoms with van der Waals surface area (Å²) in [4.78, 5) is 17.2. The van der Waals surface area contributed by atoms with Crippen LogP contribution in [0.1, 0.15) is 23.3 Å². The first kappa shape index (κ1) is 13.5. The van der Waals surface area contributed by atoms with E-state index in [-0.39, 0.29) is 5.91 Å². The molecule has 0 saturated carbocycles. The zero-order valence-corrected chi connectivity index (χ0v) is 11.7. The molecule has 0 aliphatic carbocycles. The van der Waals surface area contributed by atoms with E-state index in [2.05, 4.69) is 21.7 Å². The average Bonchev–Trinajstić information content (AvgIpc) is 2.87. The number of nitrogens with one attached hydrogen (secondary N) is 1. The van der Waals surface area contributed by atoms with Gasteiger partial charge in [-0.1, -0.05) is 6.07 Å². The van der Waals surface area contributed by atoms with E-state index in [4.69, 9.17) is 5.73 Å². The van der Waals surface area contributed by atoms with Gasteiger partial charge in [0.1, 0.15) is 5.82 Å². The van der Waals surface area contributed by atoms with E-state index in [1.54, 1.807) is 23.6 Å². The van der Waals surface area contributed by atoms with Crippen LogP contribution in [0.3, 0.4) is 0 Å². The molecule has 0 spiro atoms. The van der Waals surface area contributed by atoms with Gasteiger partial charge in [0.25, 0.3) is 0 Å². The number of hydrogen-bond acceptors (Lipinski definition) is 4. The quantitative estimate of drug-likeness (QED) is 0.881. The SMILES string of the molecule is Cc1cc(NC(=O)CCCc2cccs2)ncc1N. The number of anilines is 2. The van der Waals surface area contributed by atoms with Gasteiger partial charge in [0, 0.05) is 11.3 Å². The number of rotatable bonds is 5. The van der Waals surface area contributed by atoms with Gasteiger partial charge in [-0.3, -0.25) is 4.79 Å². The second-order valence-corrected chi connectivity index (χ2v) is 5.44. The van der Waals surface area contributed by atoms with E-state index in [1.165, 1.54) is 4.88 Å². The number of aromatic nitrogens is 1. The first-order valence-electron chi connectivity index (χ1n) is 6.19. The van der Waals surface area contributed by atoms with Gasteiger partial charge in [0.2, 0.25) is 5.91 Å². The van der Waals surface area contributed by atoms with Crippen LogP contribution in [0.25, 0.3) is 0 Å². The predicted molar refractivity (Wildman–Crippen MR) is 79.3 cm³/mol. The summed E-state index contributed by atoms with van der Waals surface area (Å²) in [6.07, 6.45) is 3.86. The third-order valence-electron chi connectivity index (χ3n) is 2.83. The molecule has 2 aromatic rings. The van der Waals surface area contributed by atoms with Crippen molar-refractivity contribution in [1.82, 2.24) is 4.98 Å². The molecule has 0 radical (unpaired) electrons. The molecular weight excluding hydrogens is 258 g/mol. The van der Waals surface area contributed by atoms with Gasteiger partial charge < -0.3 is 11.1 Å². The molecule has 0 unspecified atom stereocenters. The van der Waals surface area contributed by atoms with Crippen LogP contribution >= 0.6 is 11.3 Å². The largest absolute Gasteiger partial charge is 0.397 e. The number of carbonyl (C=O) groups is 1. The lowest BCUT2D eigenvalue weighted by Gasteiger charge is -2.06. The Balaban J connectivity index is 1.79. The van der Waals surface area contributed by atoms with Crippen molar-refractivity contribution in [3.05, 3.63) is 40.2 Å². The number of nitrogens with two attached hydrogens (primary N) is 1. The Morgan fingerprint density at radius 1 is 1.53 bits per heavy atom. The van der Waals surface area contributed by atoms with Crippen LogP contribution in [0.5, 0.6) is 0 Å². The summed E-state index contributed by atoms with van der Waals surface area (Å²) >= 11 is 1.72. The second-order valence-electron chi connectivity index (χ2n) is 4.41. The Morgan fingerprint density at radius 3 is 3.05 bits per heavy atom. The maximum atomic E-state index is 11.8. The molecule has 5 heteroatoms. The Hall–Kier alpha value is -1.88. The molecule has 2 aromatic heterocycles. The van der Waals surface area contributed by atoms with Crippen molar-refractivity contribution >= 4 is 28.7 Å². The van der Waals surface area contributed by atoms with E-state index < -0.39 is 0 Å². The molecule has 0 saturated heterocycles. The zero-order valence-electron chi connectivity index (χ0n) is 10.8. The third kappa shape index (κ3) is 4.06. The van der Waals surface area contributed by atoms with Crippen molar-refractivity contribution in [1.29, 1.82) is 0 Å². The number of carbonyl (C=O) groups excluding carboxylic acids is 1. The normalized spacial score (nSPS) is 10.4. The van der Waals surface area contributed by atoms with Gasteiger partial charge in [-0.25, -0.2) is 4.98 Å². The van der Waals surface area contributed by atoms with Crippen molar-refractivity contribution in [3.8, 4) is 0 Å². The Kier molecular flexibility index (Phi) is 4.52. The fourth-order valence-corrected chi connectivity index (χ4v) is 2.47. The maximum absolute atomic E-state index is 11.8. The van der Waals surface area contributed by atoms with Gasteiger partial charge in [-0.2, -0.15) is 0 Å². The Morgan fingerprint density at radius 2 is 2.37 bits per heavy atom. The highest BCUT2D eigenvalue weighted by atomic mass is 32.1. The maximum Gasteiger partial charge on any atom is 0.225 e. The summed E-state index contributed by atoms with van der Waals surface area (Å²) < 4.78 is 0. The summed E-state index contributed by atoms with van der Waals surface area (Å²) in [5.74, 6) is 0.557. The lowest BCUT2D eigenvalue weighted by molar-refractivity contribution is -0.116. The van der Waals surface area contributed by atoms with Crippen molar-refractivity contribution in [2.75, 3.05) is 11.1 Å². The Bertz CT molecular complexity index is 552. The predicted octanol–water partition coefficient (Wildman–Crippen LogP) is 3.00. The van der Waals surface area contributed by atoms with Crippen molar-refractivity contribution < 1.29 is 4.79 Å². The molecule has 4 nitrogen and oxygen atoms in total. The minimum Gasteiger partial charge on any atom is -0.397 e. The summed E-state index contributed by atoms with van der Waals surface area (Å²) in [5.41, 5.74) is 7.24. The van der Waals surface area contributed by atoms with E-state index >= 15 is 0 Å². The molecule has 0 aliphatic rings. The molecule has 2 heterocycles. The van der Waals surface area contributed by atoms with E-state index in [9.17, 15) is 4.79 Å². The lowest BCUT2D eigenvalue weighted by atomic mass is 10.2. The monoisotopic (exact) mass is 275 g/mol. The van der Waals surface area contributed by atoms with E-state index in [0.717, 1.165) is 18.4 Å². The lowest BCUT2D eigenvalue weighted by Crippen LogP contribution is -2.12. The van der Waals surface area contributed by atoms with Crippen molar-refractivity contribution in [3.63, 3.8) is 0 Å².